The fourth-order valence-electron chi connectivity index (χ4n) is 1.19. The third-order valence-electron chi connectivity index (χ3n) is 2.15. The summed E-state index contributed by atoms with van der Waals surface area (Å²) >= 11 is 0. The van der Waals surface area contributed by atoms with Crippen molar-refractivity contribution in [3.05, 3.63) is 0 Å². The second-order valence-electron chi connectivity index (χ2n) is 4.88. The summed E-state index contributed by atoms with van der Waals surface area (Å²) in [5.74, 6) is -1.72. The SMILES string of the molecule is CC(NC(N)=O)C(=O)N[C@H](C(=O)O)C(C)(C)C. The molecule has 1 unspecified atom stereocenters. The van der Waals surface area contributed by atoms with Crippen LogP contribution in [0.1, 0.15) is 27.7 Å². The highest BCUT2D eigenvalue weighted by Gasteiger charge is 2.33. The quantitative estimate of drug-likeness (QED) is 0.541. The molecule has 0 fully saturated rings. The summed E-state index contributed by atoms with van der Waals surface area (Å²) < 4.78 is 0. The Kier molecular flexibility index (Phi) is 4.93. The molecule has 2 atom stereocenters. The molecule has 0 bridgehead atoms. The van der Waals surface area contributed by atoms with Crippen molar-refractivity contribution in [3.63, 3.8) is 0 Å². The van der Waals surface area contributed by atoms with Gasteiger partial charge in [0, 0.05) is 0 Å². The second kappa shape index (κ2) is 5.51. The summed E-state index contributed by atoms with van der Waals surface area (Å²) in [6.45, 7) is 6.50. The number of amides is 3. The Morgan fingerprint density at radius 3 is 1.94 bits per heavy atom. The lowest BCUT2D eigenvalue weighted by Crippen LogP contribution is -2.55. The number of carboxylic acid groups (broad SMARTS) is 1. The largest absolute Gasteiger partial charge is 0.480 e. The highest BCUT2D eigenvalue weighted by molar-refractivity contribution is 5.89. The molecule has 0 aromatic heterocycles. The number of hydrogen-bond acceptors (Lipinski definition) is 3. The maximum Gasteiger partial charge on any atom is 0.326 e. The lowest BCUT2D eigenvalue weighted by Gasteiger charge is -2.28. The van der Waals surface area contributed by atoms with Crippen molar-refractivity contribution in [1.29, 1.82) is 0 Å². The van der Waals surface area contributed by atoms with Crippen molar-refractivity contribution in [2.75, 3.05) is 0 Å². The topological polar surface area (TPSA) is 122 Å². The average molecular weight is 245 g/mol. The number of carbonyl (C=O) groups is 3. The van der Waals surface area contributed by atoms with E-state index in [9.17, 15) is 14.4 Å². The van der Waals surface area contributed by atoms with Gasteiger partial charge in [0.1, 0.15) is 12.1 Å². The third-order valence-corrected chi connectivity index (χ3v) is 2.15. The van der Waals surface area contributed by atoms with Crippen LogP contribution in [0.4, 0.5) is 4.79 Å². The van der Waals surface area contributed by atoms with E-state index in [1.54, 1.807) is 20.8 Å². The van der Waals surface area contributed by atoms with Gasteiger partial charge in [0.25, 0.3) is 0 Å². The number of aliphatic carboxylic acids is 1. The van der Waals surface area contributed by atoms with Crippen LogP contribution in [0.15, 0.2) is 0 Å². The van der Waals surface area contributed by atoms with Gasteiger partial charge in [0.05, 0.1) is 0 Å². The van der Waals surface area contributed by atoms with Crippen molar-refractivity contribution in [1.82, 2.24) is 10.6 Å². The Balaban J connectivity index is 4.63. The lowest BCUT2D eigenvalue weighted by molar-refractivity contribution is -0.145. The summed E-state index contributed by atoms with van der Waals surface area (Å²) in [6, 6.07) is -2.75. The van der Waals surface area contributed by atoms with Crippen molar-refractivity contribution in [2.24, 2.45) is 11.1 Å². The molecule has 0 rings (SSSR count). The number of carboxylic acids is 1. The Labute approximate surface area is 99.7 Å². The van der Waals surface area contributed by atoms with Gasteiger partial charge in [0.2, 0.25) is 5.91 Å². The molecule has 5 N–H and O–H groups in total. The Morgan fingerprint density at radius 1 is 1.18 bits per heavy atom. The zero-order valence-electron chi connectivity index (χ0n) is 10.4. The van der Waals surface area contributed by atoms with E-state index in [1.165, 1.54) is 6.92 Å². The summed E-state index contributed by atoms with van der Waals surface area (Å²) in [7, 11) is 0. The summed E-state index contributed by atoms with van der Waals surface area (Å²) in [6.07, 6.45) is 0. The number of nitrogens with two attached hydrogens (primary N) is 1. The first-order valence-corrected chi connectivity index (χ1v) is 5.15. The number of nitrogens with one attached hydrogen (secondary N) is 2. The first-order valence-electron chi connectivity index (χ1n) is 5.15. The van der Waals surface area contributed by atoms with Crippen molar-refractivity contribution < 1.29 is 19.5 Å². The summed E-state index contributed by atoms with van der Waals surface area (Å²) in [4.78, 5) is 33.1. The molecule has 17 heavy (non-hydrogen) atoms. The van der Waals surface area contributed by atoms with Crippen LogP contribution in [0.25, 0.3) is 0 Å². The van der Waals surface area contributed by atoms with E-state index in [4.69, 9.17) is 10.8 Å². The van der Waals surface area contributed by atoms with Gasteiger partial charge in [-0.15, -0.1) is 0 Å². The molecule has 0 aromatic rings. The minimum absolute atomic E-state index is 0.592. The Hall–Kier alpha value is -1.79. The lowest BCUT2D eigenvalue weighted by atomic mass is 9.86. The van der Waals surface area contributed by atoms with Crippen molar-refractivity contribution in [2.45, 2.75) is 39.8 Å². The van der Waals surface area contributed by atoms with Crippen LogP contribution < -0.4 is 16.4 Å². The van der Waals surface area contributed by atoms with E-state index < -0.39 is 35.4 Å². The van der Waals surface area contributed by atoms with E-state index in [1.807, 2.05) is 0 Å². The minimum Gasteiger partial charge on any atom is -0.480 e. The molecule has 0 saturated carbocycles. The smallest absolute Gasteiger partial charge is 0.326 e. The number of rotatable bonds is 4. The zero-order valence-corrected chi connectivity index (χ0v) is 10.4. The van der Waals surface area contributed by atoms with Gasteiger partial charge >= 0.3 is 12.0 Å². The van der Waals surface area contributed by atoms with Crippen LogP contribution in [-0.4, -0.2) is 35.1 Å². The average Bonchev–Trinajstić information content (AvgIpc) is 2.09. The van der Waals surface area contributed by atoms with Gasteiger partial charge in [-0.25, -0.2) is 9.59 Å². The van der Waals surface area contributed by atoms with E-state index in [0.29, 0.717) is 0 Å². The van der Waals surface area contributed by atoms with Crippen LogP contribution in [0.5, 0.6) is 0 Å². The molecular weight excluding hydrogens is 226 g/mol. The maximum absolute atomic E-state index is 11.6. The molecular formula is C10H19N3O4. The first-order chi connectivity index (χ1) is 7.55. The van der Waals surface area contributed by atoms with Crippen LogP contribution in [-0.2, 0) is 9.59 Å². The minimum atomic E-state index is -1.13. The molecule has 0 aliphatic rings. The van der Waals surface area contributed by atoms with Gasteiger partial charge in [-0.1, -0.05) is 20.8 Å². The number of carbonyl (C=O) groups excluding carboxylic acids is 2. The van der Waals surface area contributed by atoms with Gasteiger partial charge in [-0.05, 0) is 12.3 Å². The molecule has 0 saturated heterocycles. The van der Waals surface area contributed by atoms with Gasteiger partial charge in [-0.2, -0.15) is 0 Å². The van der Waals surface area contributed by atoms with Gasteiger partial charge in [-0.3, -0.25) is 4.79 Å². The summed E-state index contributed by atoms with van der Waals surface area (Å²) in [5, 5.41) is 13.5. The fourth-order valence-corrected chi connectivity index (χ4v) is 1.19. The zero-order chi connectivity index (χ0) is 13.8. The second-order valence-corrected chi connectivity index (χ2v) is 4.88. The highest BCUT2D eigenvalue weighted by Crippen LogP contribution is 2.19. The van der Waals surface area contributed by atoms with Crippen LogP contribution in [0, 0.1) is 5.41 Å². The standard InChI is InChI=1S/C10H19N3O4/c1-5(12-9(11)17)7(14)13-6(8(15)16)10(2,3)4/h5-6H,1-4H3,(H,13,14)(H,15,16)(H3,11,12,17)/t5?,6-/m1/s1. The van der Waals surface area contributed by atoms with E-state index in [-0.39, 0.29) is 0 Å². The van der Waals surface area contributed by atoms with E-state index in [0.717, 1.165) is 0 Å². The van der Waals surface area contributed by atoms with Gasteiger partial charge < -0.3 is 21.5 Å². The number of primary amides is 1. The third kappa shape index (κ3) is 5.19. The normalized spacial score (nSPS) is 14.6. The molecule has 0 aromatic carbocycles. The molecule has 0 spiro atoms. The summed E-state index contributed by atoms with van der Waals surface area (Å²) in [5.41, 5.74) is 4.23. The number of hydrogen-bond donors (Lipinski definition) is 4. The van der Waals surface area contributed by atoms with Crippen LogP contribution in [0.2, 0.25) is 0 Å². The number of urea groups is 1. The molecule has 7 nitrogen and oxygen atoms in total. The van der Waals surface area contributed by atoms with E-state index >= 15 is 0 Å². The maximum atomic E-state index is 11.6. The molecule has 0 aliphatic heterocycles. The predicted molar refractivity (Wildman–Crippen MR) is 61.2 cm³/mol. The monoisotopic (exact) mass is 245 g/mol. The van der Waals surface area contributed by atoms with Crippen LogP contribution in [0.3, 0.4) is 0 Å². The highest BCUT2D eigenvalue weighted by atomic mass is 16.4. The first kappa shape index (κ1) is 15.2. The van der Waals surface area contributed by atoms with Crippen molar-refractivity contribution >= 4 is 17.9 Å². The molecule has 98 valence electrons. The molecule has 0 aliphatic carbocycles. The van der Waals surface area contributed by atoms with Gasteiger partial charge in [0.15, 0.2) is 0 Å². The van der Waals surface area contributed by atoms with Crippen LogP contribution >= 0.6 is 0 Å². The molecule has 3 amide bonds. The predicted octanol–water partition coefficient (Wildman–Crippen LogP) is -0.341. The molecule has 7 heteroatoms. The molecule has 0 heterocycles. The van der Waals surface area contributed by atoms with Crippen molar-refractivity contribution in [3.8, 4) is 0 Å². The van der Waals surface area contributed by atoms with E-state index in [2.05, 4.69) is 10.6 Å². The fraction of sp³-hybridized carbons (Fsp3) is 0.700. The Morgan fingerprint density at radius 2 is 1.65 bits per heavy atom. The molecule has 0 radical (unpaired) electrons. The Bertz CT molecular complexity index is 322.